The van der Waals surface area contributed by atoms with E-state index in [1.54, 1.807) is 25.1 Å². The third kappa shape index (κ3) is 5.23. The molecule has 3 N–H and O–H groups in total. The highest BCUT2D eigenvalue weighted by molar-refractivity contribution is 5.85. The lowest BCUT2D eigenvalue weighted by Crippen LogP contribution is -2.34. The largest absolute Gasteiger partial charge is 0.355 e. The molecule has 19 heavy (non-hydrogen) atoms. The average molecular weight is 288 g/mol. The topological polar surface area (TPSA) is 98.3 Å². The molecule has 0 aliphatic heterocycles. The molecule has 0 saturated carbocycles. The number of hydrogen-bond donors (Lipinski definition) is 2. The van der Waals surface area contributed by atoms with Crippen LogP contribution in [-0.2, 0) is 11.2 Å². The molecule has 1 rings (SSSR count). The van der Waals surface area contributed by atoms with Crippen molar-refractivity contribution in [3.05, 3.63) is 39.9 Å². The molecule has 1 unspecified atom stereocenters. The Balaban J connectivity index is 0.00000324. The maximum atomic E-state index is 11.5. The number of para-hydroxylation sites is 1. The smallest absolute Gasteiger partial charge is 0.272 e. The van der Waals surface area contributed by atoms with Gasteiger partial charge in [-0.15, -0.1) is 12.4 Å². The van der Waals surface area contributed by atoms with E-state index in [9.17, 15) is 14.9 Å². The fourth-order valence-electron chi connectivity index (χ4n) is 1.50. The van der Waals surface area contributed by atoms with E-state index >= 15 is 0 Å². The molecule has 0 aliphatic rings. The van der Waals surface area contributed by atoms with Crippen LogP contribution in [0.15, 0.2) is 24.3 Å². The summed E-state index contributed by atoms with van der Waals surface area (Å²) >= 11 is 0. The van der Waals surface area contributed by atoms with Crippen LogP contribution < -0.4 is 11.1 Å². The van der Waals surface area contributed by atoms with E-state index in [0.717, 1.165) is 0 Å². The number of nitro groups is 1. The number of carbonyl (C=O) groups excluding carboxylic acids is 1. The van der Waals surface area contributed by atoms with E-state index in [1.807, 2.05) is 0 Å². The number of nitrogens with one attached hydrogen (secondary N) is 1. The second-order valence-electron chi connectivity index (χ2n) is 4.06. The minimum absolute atomic E-state index is 0. The zero-order chi connectivity index (χ0) is 13.5. The lowest BCUT2D eigenvalue weighted by Gasteiger charge is -2.09. The van der Waals surface area contributed by atoms with Crippen molar-refractivity contribution in [1.82, 2.24) is 5.32 Å². The molecule has 0 saturated heterocycles. The molecular formula is C12H18ClN3O3. The van der Waals surface area contributed by atoms with Gasteiger partial charge in [-0.05, 0) is 6.42 Å². The lowest BCUT2D eigenvalue weighted by molar-refractivity contribution is -0.385. The maximum Gasteiger partial charge on any atom is 0.272 e. The Kier molecular flexibility index (Phi) is 7.71. The molecule has 1 aromatic carbocycles. The van der Waals surface area contributed by atoms with Gasteiger partial charge in [0.25, 0.3) is 5.69 Å². The van der Waals surface area contributed by atoms with Gasteiger partial charge in [0.2, 0.25) is 5.91 Å². The summed E-state index contributed by atoms with van der Waals surface area (Å²) in [6.45, 7) is 2.39. The summed E-state index contributed by atoms with van der Waals surface area (Å²) < 4.78 is 0. The van der Waals surface area contributed by atoms with Crippen LogP contribution >= 0.6 is 12.4 Å². The Morgan fingerprint density at radius 2 is 2.11 bits per heavy atom. The normalized spacial score (nSPS) is 11.3. The SMILES string of the molecule is CC(CN)C(=O)NCCc1ccccc1[N+](=O)[O-].Cl. The van der Waals surface area contributed by atoms with Crippen molar-refractivity contribution >= 4 is 24.0 Å². The number of nitrogens with two attached hydrogens (primary N) is 1. The first-order valence-electron chi connectivity index (χ1n) is 5.76. The summed E-state index contributed by atoms with van der Waals surface area (Å²) in [6, 6.07) is 6.51. The highest BCUT2D eigenvalue weighted by Crippen LogP contribution is 2.17. The fourth-order valence-corrected chi connectivity index (χ4v) is 1.50. The summed E-state index contributed by atoms with van der Waals surface area (Å²) in [5.41, 5.74) is 6.07. The van der Waals surface area contributed by atoms with Gasteiger partial charge in [-0.1, -0.05) is 25.1 Å². The predicted octanol–water partition coefficient (Wildman–Crippen LogP) is 1.27. The molecule has 0 bridgehead atoms. The number of carbonyl (C=O) groups is 1. The minimum Gasteiger partial charge on any atom is -0.355 e. The van der Waals surface area contributed by atoms with E-state index < -0.39 is 4.92 Å². The standard InChI is InChI=1S/C12H17N3O3.ClH/c1-9(8-13)12(16)14-7-6-10-4-2-3-5-11(10)15(17)18;/h2-5,9H,6-8,13H2,1H3,(H,14,16);1H. The summed E-state index contributed by atoms with van der Waals surface area (Å²) in [6.07, 6.45) is 0.431. The van der Waals surface area contributed by atoms with Gasteiger partial charge in [-0.2, -0.15) is 0 Å². The van der Waals surface area contributed by atoms with Gasteiger partial charge in [0, 0.05) is 30.6 Å². The van der Waals surface area contributed by atoms with Gasteiger partial charge >= 0.3 is 0 Å². The fraction of sp³-hybridized carbons (Fsp3) is 0.417. The van der Waals surface area contributed by atoms with E-state index in [0.29, 0.717) is 18.5 Å². The molecule has 1 amide bonds. The monoisotopic (exact) mass is 287 g/mol. The zero-order valence-electron chi connectivity index (χ0n) is 10.7. The van der Waals surface area contributed by atoms with Gasteiger partial charge in [-0.25, -0.2) is 0 Å². The molecule has 7 heteroatoms. The molecule has 0 aliphatic carbocycles. The second kappa shape index (κ2) is 8.44. The molecule has 106 valence electrons. The van der Waals surface area contributed by atoms with Crippen LogP contribution in [0.2, 0.25) is 0 Å². The third-order valence-electron chi connectivity index (χ3n) is 2.68. The van der Waals surface area contributed by atoms with Crippen LogP contribution in [0, 0.1) is 16.0 Å². The highest BCUT2D eigenvalue weighted by Gasteiger charge is 2.13. The van der Waals surface area contributed by atoms with Crippen molar-refractivity contribution in [1.29, 1.82) is 0 Å². The van der Waals surface area contributed by atoms with Crippen LogP contribution in [0.4, 0.5) is 5.69 Å². The van der Waals surface area contributed by atoms with Crippen molar-refractivity contribution < 1.29 is 9.72 Å². The van der Waals surface area contributed by atoms with Crippen molar-refractivity contribution in [2.24, 2.45) is 11.7 Å². The van der Waals surface area contributed by atoms with E-state index in [2.05, 4.69) is 5.32 Å². The molecule has 1 aromatic rings. The van der Waals surface area contributed by atoms with E-state index in [4.69, 9.17) is 5.73 Å². The number of amides is 1. The molecular weight excluding hydrogens is 270 g/mol. The van der Waals surface area contributed by atoms with Crippen molar-refractivity contribution in [3.8, 4) is 0 Å². The minimum atomic E-state index is -0.417. The van der Waals surface area contributed by atoms with Crippen molar-refractivity contribution in [2.45, 2.75) is 13.3 Å². The first kappa shape index (κ1) is 17.3. The molecule has 0 radical (unpaired) electrons. The Hall–Kier alpha value is -1.66. The van der Waals surface area contributed by atoms with Crippen LogP contribution in [0.25, 0.3) is 0 Å². The number of rotatable bonds is 6. The summed E-state index contributed by atoms with van der Waals surface area (Å²) in [5.74, 6) is -0.369. The van der Waals surface area contributed by atoms with Crippen molar-refractivity contribution in [2.75, 3.05) is 13.1 Å². The van der Waals surface area contributed by atoms with Crippen LogP contribution in [-0.4, -0.2) is 23.9 Å². The molecule has 0 aromatic heterocycles. The number of benzene rings is 1. The molecule has 0 fully saturated rings. The maximum absolute atomic E-state index is 11.5. The summed E-state index contributed by atoms with van der Waals surface area (Å²) in [4.78, 5) is 21.8. The zero-order valence-corrected chi connectivity index (χ0v) is 11.5. The highest BCUT2D eigenvalue weighted by atomic mass is 35.5. The average Bonchev–Trinajstić information content (AvgIpc) is 2.38. The molecule has 1 atom stereocenters. The van der Waals surface area contributed by atoms with E-state index in [-0.39, 0.29) is 36.5 Å². The Labute approximate surface area is 117 Å². The number of halogens is 1. The molecule has 0 spiro atoms. The first-order chi connectivity index (χ1) is 8.56. The molecule has 6 nitrogen and oxygen atoms in total. The van der Waals surface area contributed by atoms with Gasteiger partial charge in [0.1, 0.15) is 0 Å². The summed E-state index contributed by atoms with van der Waals surface area (Å²) in [7, 11) is 0. The quantitative estimate of drug-likeness (QED) is 0.608. The summed E-state index contributed by atoms with van der Waals surface area (Å²) in [5, 5.41) is 13.5. The number of hydrogen-bond acceptors (Lipinski definition) is 4. The van der Waals surface area contributed by atoms with Crippen molar-refractivity contribution in [3.63, 3.8) is 0 Å². The van der Waals surface area contributed by atoms with Gasteiger partial charge < -0.3 is 11.1 Å². The number of nitro benzene ring substituents is 1. The lowest BCUT2D eigenvalue weighted by atomic mass is 10.1. The third-order valence-corrected chi connectivity index (χ3v) is 2.68. The first-order valence-corrected chi connectivity index (χ1v) is 5.76. The van der Waals surface area contributed by atoms with Gasteiger partial charge in [0.05, 0.1) is 4.92 Å². The van der Waals surface area contributed by atoms with Crippen LogP contribution in [0.3, 0.4) is 0 Å². The van der Waals surface area contributed by atoms with Crippen LogP contribution in [0.1, 0.15) is 12.5 Å². The Morgan fingerprint density at radius 3 is 2.68 bits per heavy atom. The predicted molar refractivity (Wildman–Crippen MR) is 75.3 cm³/mol. The van der Waals surface area contributed by atoms with E-state index in [1.165, 1.54) is 6.07 Å². The van der Waals surface area contributed by atoms with Gasteiger partial charge in [-0.3, -0.25) is 14.9 Å². The second-order valence-corrected chi connectivity index (χ2v) is 4.06. The number of nitrogens with zero attached hydrogens (tertiary/aromatic N) is 1. The van der Waals surface area contributed by atoms with Gasteiger partial charge in [0.15, 0.2) is 0 Å². The Morgan fingerprint density at radius 1 is 1.47 bits per heavy atom. The molecule has 0 heterocycles. The Bertz CT molecular complexity index is 440. The van der Waals surface area contributed by atoms with Crippen LogP contribution in [0.5, 0.6) is 0 Å².